The van der Waals surface area contributed by atoms with Gasteiger partial charge in [0, 0.05) is 29.6 Å². The molecule has 0 radical (unpaired) electrons. The number of furan rings is 1. The van der Waals surface area contributed by atoms with Crippen LogP contribution in [0.2, 0.25) is 0 Å². The molecule has 1 N–H and O–H groups in total. The van der Waals surface area contributed by atoms with E-state index in [0.717, 1.165) is 16.9 Å². The Morgan fingerprint density at radius 3 is 2.67 bits per heavy atom. The molecule has 1 fully saturated rings. The Morgan fingerprint density at radius 2 is 1.91 bits per heavy atom. The number of hydrogen-bond donors (Lipinski definition) is 1. The van der Waals surface area contributed by atoms with Gasteiger partial charge >= 0.3 is 0 Å². The lowest BCUT2D eigenvalue weighted by molar-refractivity contribution is -0.384. The van der Waals surface area contributed by atoms with Crippen molar-refractivity contribution in [2.75, 3.05) is 4.90 Å². The van der Waals surface area contributed by atoms with Crippen LogP contribution in [0.5, 0.6) is 0 Å². The zero-order valence-corrected chi connectivity index (χ0v) is 18.5. The van der Waals surface area contributed by atoms with Gasteiger partial charge in [0.1, 0.15) is 17.6 Å². The molecule has 0 aliphatic carbocycles. The normalized spacial score (nSPS) is 17.7. The second-order valence-corrected chi connectivity index (χ2v) is 8.23. The summed E-state index contributed by atoms with van der Waals surface area (Å²) in [6, 6.07) is 23.5. The molecule has 1 aliphatic rings. The molecule has 0 saturated carbocycles. The standard InChI is InChI=1S/C25H20N4O3S/c1-16-6-4-8-18(14-16)28-24(23(27-25(28)33)20-10-2-3-13-26-20)22-12-11-21(32-22)17-7-5-9-19(15-17)29(30)31/h2-15,23-24H,1H3,(H,27,33)/t23-,24-/m0/s1. The number of aryl methyl sites for hydroxylation is 1. The molecule has 3 heterocycles. The van der Waals surface area contributed by atoms with Gasteiger partial charge in [0.2, 0.25) is 0 Å². The lowest BCUT2D eigenvalue weighted by Gasteiger charge is -2.26. The lowest BCUT2D eigenvalue weighted by Crippen LogP contribution is -2.29. The molecule has 2 aromatic heterocycles. The number of benzene rings is 2. The van der Waals surface area contributed by atoms with Crippen molar-refractivity contribution in [1.29, 1.82) is 0 Å². The van der Waals surface area contributed by atoms with Crippen molar-refractivity contribution in [3.63, 3.8) is 0 Å². The quantitative estimate of drug-likeness (QED) is 0.233. The summed E-state index contributed by atoms with van der Waals surface area (Å²) in [5.41, 5.74) is 3.56. The highest BCUT2D eigenvalue weighted by Gasteiger charge is 2.42. The van der Waals surface area contributed by atoms with Crippen molar-refractivity contribution in [1.82, 2.24) is 10.3 Å². The number of hydrogen-bond acceptors (Lipinski definition) is 5. The highest BCUT2D eigenvalue weighted by atomic mass is 32.1. The molecule has 2 aromatic carbocycles. The number of non-ortho nitro benzene ring substituents is 1. The van der Waals surface area contributed by atoms with Crippen LogP contribution in [0.3, 0.4) is 0 Å². The van der Waals surface area contributed by atoms with Gasteiger partial charge in [-0.05, 0) is 61.1 Å². The van der Waals surface area contributed by atoms with E-state index in [9.17, 15) is 10.1 Å². The fourth-order valence-electron chi connectivity index (χ4n) is 4.14. The Morgan fingerprint density at radius 1 is 1.06 bits per heavy atom. The first-order valence-electron chi connectivity index (χ1n) is 10.4. The van der Waals surface area contributed by atoms with Gasteiger partial charge in [-0.2, -0.15) is 0 Å². The molecule has 0 bridgehead atoms. The van der Waals surface area contributed by atoms with Crippen molar-refractivity contribution < 1.29 is 9.34 Å². The molecule has 1 saturated heterocycles. The van der Waals surface area contributed by atoms with Crippen molar-refractivity contribution in [3.8, 4) is 11.3 Å². The highest BCUT2D eigenvalue weighted by Crippen LogP contribution is 2.43. The van der Waals surface area contributed by atoms with Gasteiger partial charge in [-0.3, -0.25) is 15.1 Å². The average Bonchev–Trinajstić information content (AvgIpc) is 3.44. The third-order valence-corrected chi connectivity index (χ3v) is 5.95. The Bertz CT molecular complexity index is 1340. The molecule has 1 aliphatic heterocycles. The summed E-state index contributed by atoms with van der Waals surface area (Å²) in [7, 11) is 0. The van der Waals surface area contributed by atoms with Gasteiger partial charge in [0.25, 0.3) is 5.69 Å². The highest BCUT2D eigenvalue weighted by molar-refractivity contribution is 7.80. The molecule has 0 spiro atoms. The number of aromatic nitrogens is 1. The van der Waals surface area contributed by atoms with Crippen LogP contribution in [0.4, 0.5) is 11.4 Å². The maximum atomic E-state index is 11.2. The number of pyridine rings is 1. The summed E-state index contributed by atoms with van der Waals surface area (Å²) in [6.07, 6.45) is 1.75. The van der Waals surface area contributed by atoms with Crippen LogP contribution in [0.15, 0.2) is 89.5 Å². The summed E-state index contributed by atoms with van der Waals surface area (Å²) in [6.45, 7) is 2.04. The molecule has 5 rings (SSSR count). The van der Waals surface area contributed by atoms with E-state index in [0.29, 0.717) is 22.2 Å². The molecule has 4 aromatic rings. The van der Waals surface area contributed by atoms with Crippen LogP contribution in [0.25, 0.3) is 11.3 Å². The minimum atomic E-state index is -0.413. The van der Waals surface area contributed by atoms with E-state index < -0.39 is 4.92 Å². The van der Waals surface area contributed by atoms with E-state index in [2.05, 4.69) is 16.4 Å². The minimum Gasteiger partial charge on any atom is -0.459 e. The van der Waals surface area contributed by atoms with Crippen LogP contribution in [-0.2, 0) is 0 Å². The smallest absolute Gasteiger partial charge is 0.270 e. The topological polar surface area (TPSA) is 84.4 Å². The zero-order chi connectivity index (χ0) is 22.9. The second-order valence-electron chi connectivity index (χ2n) is 7.85. The van der Waals surface area contributed by atoms with Crippen molar-refractivity contribution in [2.24, 2.45) is 0 Å². The Hall–Kier alpha value is -4.04. The maximum Gasteiger partial charge on any atom is 0.270 e. The summed E-state index contributed by atoms with van der Waals surface area (Å²) in [5, 5.41) is 15.2. The summed E-state index contributed by atoms with van der Waals surface area (Å²) < 4.78 is 6.28. The number of nitrogens with one attached hydrogen (secondary N) is 1. The van der Waals surface area contributed by atoms with Crippen molar-refractivity contribution in [3.05, 3.63) is 112 Å². The van der Waals surface area contributed by atoms with Crippen LogP contribution in [0.1, 0.15) is 29.1 Å². The van der Waals surface area contributed by atoms with Crippen molar-refractivity contribution in [2.45, 2.75) is 19.0 Å². The summed E-state index contributed by atoms with van der Waals surface area (Å²) >= 11 is 5.74. The summed E-state index contributed by atoms with van der Waals surface area (Å²) in [5.74, 6) is 1.23. The van der Waals surface area contributed by atoms with Crippen LogP contribution >= 0.6 is 12.2 Å². The average molecular weight is 457 g/mol. The van der Waals surface area contributed by atoms with E-state index in [1.54, 1.807) is 18.3 Å². The fraction of sp³-hybridized carbons (Fsp3) is 0.120. The predicted octanol–water partition coefficient (Wildman–Crippen LogP) is 5.74. The molecular formula is C25H20N4O3S. The minimum absolute atomic E-state index is 0.0157. The van der Waals surface area contributed by atoms with Crippen molar-refractivity contribution >= 4 is 28.7 Å². The molecular weight excluding hydrogens is 436 g/mol. The fourth-order valence-corrected chi connectivity index (χ4v) is 4.49. The van der Waals surface area contributed by atoms with Gasteiger partial charge in [-0.15, -0.1) is 0 Å². The van der Waals surface area contributed by atoms with E-state index in [-0.39, 0.29) is 17.8 Å². The maximum absolute atomic E-state index is 11.2. The van der Waals surface area contributed by atoms with Crippen LogP contribution < -0.4 is 10.2 Å². The number of anilines is 1. The van der Waals surface area contributed by atoms with E-state index >= 15 is 0 Å². The number of rotatable bonds is 5. The van der Waals surface area contributed by atoms with E-state index in [4.69, 9.17) is 16.6 Å². The van der Waals surface area contributed by atoms with Crippen LogP contribution in [0, 0.1) is 17.0 Å². The monoisotopic (exact) mass is 456 g/mol. The SMILES string of the molecule is Cc1cccc(N2C(=S)N[C@@H](c3ccccn3)[C@@H]2c2ccc(-c3cccc([N+](=O)[O-])c3)o2)c1. The molecule has 0 amide bonds. The number of nitrogens with zero attached hydrogens (tertiary/aromatic N) is 3. The molecule has 8 heteroatoms. The predicted molar refractivity (Wildman–Crippen MR) is 130 cm³/mol. The molecule has 7 nitrogen and oxygen atoms in total. The third kappa shape index (κ3) is 3.96. The molecule has 0 unspecified atom stereocenters. The van der Waals surface area contributed by atoms with Gasteiger partial charge in [0.15, 0.2) is 5.11 Å². The van der Waals surface area contributed by atoms with E-state index in [1.807, 2.05) is 60.4 Å². The largest absolute Gasteiger partial charge is 0.459 e. The van der Waals surface area contributed by atoms with E-state index in [1.165, 1.54) is 12.1 Å². The second kappa shape index (κ2) is 8.48. The van der Waals surface area contributed by atoms with Gasteiger partial charge in [-0.1, -0.05) is 30.3 Å². The Labute approximate surface area is 195 Å². The Kier molecular flexibility index (Phi) is 5.35. The van der Waals surface area contributed by atoms with Gasteiger partial charge < -0.3 is 14.6 Å². The van der Waals surface area contributed by atoms with Gasteiger partial charge in [-0.25, -0.2) is 0 Å². The zero-order valence-electron chi connectivity index (χ0n) is 17.7. The third-order valence-electron chi connectivity index (χ3n) is 5.64. The molecule has 2 atom stereocenters. The molecule has 164 valence electrons. The first-order valence-corrected chi connectivity index (χ1v) is 10.8. The number of nitro groups is 1. The number of thiocarbonyl (C=S) groups is 1. The Balaban J connectivity index is 1.59. The first kappa shape index (κ1) is 20.8. The summed E-state index contributed by atoms with van der Waals surface area (Å²) in [4.78, 5) is 17.4. The van der Waals surface area contributed by atoms with Gasteiger partial charge in [0.05, 0.1) is 16.7 Å². The lowest BCUT2D eigenvalue weighted by atomic mass is 10.0. The first-order chi connectivity index (χ1) is 16.0. The molecule has 33 heavy (non-hydrogen) atoms. The van der Waals surface area contributed by atoms with Crippen LogP contribution in [-0.4, -0.2) is 15.0 Å². The number of nitro benzene ring substituents is 1.